The minimum Gasteiger partial charge on any atom is -0.338 e. The van der Waals surface area contributed by atoms with E-state index >= 15 is 0 Å². The molecule has 0 aromatic heterocycles. The Hall–Kier alpha value is -2.16. The Labute approximate surface area is 169 Å². The van der Waals surface area contributed by atoms with Crippen molar-refractivity contribution < 1.29 is 17.6 Å². The van der Waals surface area contributed by atoms with E-state index in [4.69, 9.17) is 0 Å². The van der Waals surface area contributed by atoms with Crippen LogP contribution in [0.25, 0.3) is 0 Å². The Balaban J connectivity index is 0.00000225. The van der Waals surface area contributed by atoms with Gasteiger partial charge in [0.1, 0.15) is 5.82 Å². The Morgan fingerprint density at radius 2 is 1.71 bits per heavy atom. The largest absolute Gasteiger partial charge is 0.338 e. The van der Waals surface area contributed by atoms with Crippen molar-refractivity contribution in [1.82, 2.24) is 10.2 Å². The quantitative estimate of drug-likeness (QED) is 0.788. The third-order valence-electron chi connectivity index (χ3n) is 5.16. The fourth-order valence-corrected chi connectivity index (χ4v) is 4.84. The second-order valence-corrected chi connectivity index (χ2v) is 8.71. The molecule has 0 bridgehead atoms. The van der Waals surface area contributed by atoms with Crippen molar-refractivity contribution in [2.45, 2.75) is 4.90 Å². The number of benzene rings is 2. The second kappa shape index (κ2) is 8.06. The lowest BCUT2D eigenvalue weighted by atomic mass is 10.0. The zero-order valence-electron chi connectivity index (χ0n) is 15.0. The number of fused-ring (bicyclic) bond motifs is 1. The molecular weight excluding hydrogens is 405 g/mol. The first-order chi connectivity index (χ1) is 12.9. The van der Waals surface area contributed by atoms with Crippen LogP contribution >= 0.6 is 12.4 Å². The molecule has 2 N–H and O–H groups in total. The first kappa shape index (κ1) is 20.6. The average Bonchev–Trinajstić information content (AvgIpc) is 3.25. The Kier molecular flexibility index (Phi) is 5.92. The molecule has 2 aromatic rings. The van der Waals surface area contributed by atoms with Gasteiger partial charge in [-0.3, -0.25) is 9.52 Å². The fourth-order valence-electron chi connectivity index (χ4n) is 3.73. The molecule has 28 heavy (non-hydrogen) atoms. The number of carbonyl (C=O) groups is 1. The number of halogens is 2. The molecule has 2 aromatic carbocycles. The average molecular weight is 426 g/mol. The van der Waals surface area contributed by atoms with E-state index in [1.165, 1.54) is 36.4 Å². The smallest absolute Gasteiger partial charge is 0.261 e. The summed E-state index contributed by atoms with van der Waals surface area (Å²) in [6.07, 6.45) is 0. The second-order valence-electron chi connectivity index (χ2n) is 7.03. The summed E-state index contributed by atoms with van der Waals surface area (Å²) in [6.45, 7) is 3.23. The molecule has 0 unspecified atom stereocenters. The molecule has 2 saturated heterocycles. The summed E-state index contributed by atoms with van der Waals surface area (Å²) < 4.78 is 40.6. The topological polar surface area (TPSA) is 78.5 Å². The van der Waals surface area contributed by atoms with Gasteiger partial charge in [-0.1, -0.05) is 6.07 Å². The summed E-state index contributed by atoms with van der Waals surface area (Å²) in [5, 5.41) is 3.33. The van der Waals surface area contributed by atoms with E-state index in [2.05, 4.69) is 10.0 Å². The minimum absolute atomic E-state index is 0. The van der Waals surface area contributed by atoms with Crippen LogP contribution in [0.2, 0.25) is 0 Å². The van der Waals surface area contributed by atoms with Crippen molar-refractivity contribution in [3.05, 3.63) is 59.9 Å². The van der Waals surface area contributed by atoms with Gasteiger partial charge in [-0.2, -0.15) is 0 Å². The summed E-state index contributed by atoms with van der Waals surface area (Å²) in [7, 11) is -3.87. The summed E-state index contributed by atoms with van der Waals surface area (Å²) >= 11 is 0. The number of likely N-dealkylation sites (tertiary alicyclic amines) is 1. The molecule has 0 aliphatic carbocycles. The van der Waals surface area contributed by atoms with Crippen LogP contribution in [0.5, 0.6) is 0 Å². The number of amides is 1. The Morgan fingerprint density at radius 3 is 2.36 bits per heavy atom. The van der Waals surface area contributed by atoms with Crippen LogP contribution in [0.4, 0.5) is 10.1 Å². The highest BCUT2D eigenvalue weighted by Crippen LogP contribution is 2.28. The zero-order valence-corrected chi connectivity index (χ0v) is 16.6. The highest BCUT2D eigenvalue weighted by molar-refractivity contribution is 7.92. The van der Waals surface area contributed by atoms with Gasteiger partial charge in [0.15, 0.2) is 0 Å². The van der Waals surface area contributed by atoms with Crippen molar-refractivity contribution in [1.29, 1.82) is 0 Å². The van der Waals surface area contributed by atoms with Gasteiger partial charge in [0, 0.05) is 37.4 Å². The molecule has 0 saturated carbocycles. The highest BCUT2D eigenvalue weighted by Gasteiger charge is 2.38. The maximum atomic E-state index is 13.0. The van der Waals surface area contributed by atoms with Crippen molar-refractivity contribution in [3.8, 4) is 0 Å². The van der Waals surface area contributed by atoms with E-state index in [1.807, 2.05) is 0 Å². The van der Waals surface area contributed by atoms with Crippen LogP contribution in [0, 0.1) is 17.7 Å². The van der Waals surface area contributed by atoms with Crippen molar-refractivity contribution in [2.24, 2.45) is 11.8 Å². The number of rotatable bonds is 4. The van der Waals surface area contributed by atoms with E-state index in [0.29, 0.717) is 30.5 Å². The molecule has 2 heterocycles. The number of sulfonamides is 1. The van der Waals surface area contributed by atoms with Crippen molar-refractivity contribution in [2.75, 3.05) is 30.9 Å². The number of hydrogen-bond donors (Lipinski definition) is 2. The number of carbonyl (C=O) groups excluding carboxylic acids is 1. The maximum Gasteiger partial charge on any atom is 0.261 e. The van der Waals surface area contributed by atoms with Gasteiger partial charge < -0.3 is 10.2 Å². The SMILES string of the molecule is Cl.O=C(c1cccc(S(=O)(=O)Nc2ccc(F)cc2)c1)N1C[C@H]2CNC[C@H]2C1. The predicted molar refractivity (Wildman–Crippen MR) is 107 cm³/mol. The van der Waals surface area contributed by atoms with Gasteiger partial charge >= 0.3 is 0 Å². The van der Waals surface area contributed by atoms with Crippen molar-refractivity contribution >= 4 is 34.0 Å². The Bertz CT molecular complexity index is 957. The molecule has 1 amide bonds. The van der Waals surface area contributed by atoms with Gasteiger partial charge in [-0.25, -0.2) is 12.8 Å². The van der Waals surface area contributed by atoms with E-state index in [1.54, 1.807) is 17.0 Å². The fraction of sp³-hybridized carbons (Fsp3) is 0.316. The van der Waals surface area contributed by atoms with Crippen molar-refractivity contribution in [3.63, 3.8) is 0 Å². The maximum absolute atomic E-state index is 13.0. The molecular formula is C19H21ClFN3O3S. The molecule has 2 aliphatic heterocycles. The lowest BCUT2D eigenvalue weighted by molar-refractivity contribution is 0.0781. The number of hydrogen-bond acceptors (Lipinski definition) is 4. The molecule has 150 valence electrons. The standard InChI is InChI=1S/C19H20FN3O3S.ClH/c20-16-4-6-17(7-5-16)22-27(25,26)18-3-1-2-13(8-18)19(24)23-11-14-9-21-10-15(14)12-23;/h1-8,14-15,21-22H,9-12H2;1H/t14-,15+;. The monoisotopic (exact) mass is 425 g/mol. The summed E-state index contributed by atoms with van der Waals surface area (Å²) in [6, 6.07) is 11.1. The van der Waals surface area contributed by atoms with Crippen LogP contribution in [0.1, 0.15) is 10.4 Å². The predicted octanol–water partition coefficient (Wildman–Crippen LogP) is 2.34. The lowest BCUT2D eigenvalue weighted by Gasteiger charge is -2.18. The molecule has 9 heteroatoms. The summed E-state index contributed by atoms with van der Waals surface area (Å²) in [5.74, 6) is 0.348. The summed E-state index contributed by atoms with van der Waals surface area (Å²) in [4.78, 5) is 14.6. The van der Waals surface area contributed by atoms with Crippen LogP contribution in [0.15, 0.2) is 53.4 Å². The third kappa shape index (κ3) is 4.14. The Morgan fingerprint density at radius 1 is 1.07 bits per heavy atom. The number of nitrogens with one attached hydrogen (secondary N) is 2. The highest BCUT2D eigenvalue weighted by atomic mass is 35.5. The van der Waals surface area contributed by atoms with Crippen LogP contribution < -0.4 is 10.0 Å². The zero-order chi connectivity index (χ0) is 19.0. The molecule has 0 radical (unpaired) electrons. The lowest BCUT2D eigenvalue weighted by Crippen LogP contribution is -2.32. The first-order valence-electron chi connectivity index (χ1n) is 8.81. The van der Waals surface area contributed by atoms with Crippen LogP contribution in [-0.4, -0.2) is 45.4 Å². The van der Waals surface area contributed by atoms with E-state index < -0.39 is 15.8 Å². The first-order valence-corrected chi connectivity index (χ1v) is 10.3. The molecule has 4 rings (SSSR count). The van der Waals surface area contributed by atoms with E-state index in [9.17, 15) is 17.6 Å². The van der Waals surface area contributed by atoms with E-state index in [-0.39, 0.29) is 28.9 Å². The van der Waals surface area contributed by atoms with Gasteiger partial charge in [-0.15, -0.1) is 12.4 Å². The molecule has 0 spiro atoms. The van der Waals surface area contributed by atoms with Gasteiger partial charge in [0.05, 0.1) is 4.90 Å². The normalized spacial score (nSPS) is 21.1. The van der Waals surface area contributed by atoms with Gasteiger partial charge in [0.2, 0.25) is 0 Å². The molecule has 6 nitrogen and oxygen atoms in total. The third-order valence-corrected chi connectivity index (χ3v) is 6.54. The number of nitrogens with zero attached hydrogens (tertiary/aromatic N) is 1. The van der Waals surface area contributed by atoms with E-state index in [0.717, 1.165) is 13.1 Å². The molecule has 2 atom stereocenters. The van der Waals surface area contributed by atoms with Crippen LogP contribution in [0.3, 0.4) is 0 Å². The summed E-state index contributed by atoms with van der Waals surface area (Å²) in [5.41, 5.74) is 0.609. The van der Waals surface area contributed by atoms with Crippen LogP contribution in [-0.2, 0) is 10.0 Å². The van der Waals surface area contributed by atoms with Gasteiger partial charge in [0.25, 0.3) is 15.9 Å². The molecule has 2 fully saturated rings. The minimum atomic E-state index is -3.87. The van der Waals surface area contributed by atoms with Gasteiger partial charge in [-0.05, 0) is 54.3 Å². The number of anilines is 1. The molecule has 2 aliphatic rings.